The normalized spacial score (nSPS) is 10.9. The Labute approximate surface area is 200 Å². The zero-order valence-corrected chi connectivity index (χ0v) is 19.4. The second-order valence-corrected chi connectivity index (χ2v) is 8.34. The van der Waals surface area contributed by atoms with Crippen LogP contribution in [0.25, 0.3) is 0 Å². The average Bonchev–Trinajstić information content (AvgIpc) is 3.36. The molecule has 1 N–H and O–H groups in total. The molecule has 7 nitrogen and oxygen atoms in total. The number of halogens is 4. The second-order valence-electron chi connectivity index (χ2n) is 6.67. The molecule has 0 radical (unpaired) electrons. The summed E-state index contributed by atoms with van der Waals surface area (Å²) in [5.41, 5.74) is 1.05. The molecule has 2 heterocycles. The van der Waals surface area contributed by atoms with Gasteiger partial charge in [0.15, 0.2) is 24.0 Å². The van der Waals surface area contributed by atoms with Crippen molar-refractivity contribution in [3.8, 4) is 5.75 Å². The minimum Gasteiger partial charge on any atom is -0.468 e. The molecule has 0 saturated carbocycles. The molecule has 0 aliphatic carbocycles. The molecule has 0 atom stereocenters. The number of amides is 1. The van der Waals surface area contributed by atoms with Gasteiger partial charge in [-0.3, -0.25) is 9.48 Å². The van der Waals surface area contributed by atoms with Gasteiger partial charge in [-0.25, -0.2) is 9.07 Å². The highest BCUT2D eigenvalue weighted by molar-refractivity contribution is 9.10. The smallest absolute Gasteiger partial charge is 0.277 e. The van der Waals surface area contributed by atoms with Crippen molar-refractivity contribution in [2.75, 3.05) is 5.32 Å². The third-order valence-corrected chi connectivity index (χ3v) is 5.52. The van der Waals surface area contributed by atoms with Crippen molar-refractivity contribution >= 4 is 50.9 Å². The summed E-state index contributed by atoms with van der Waals surface area (Å²) in [7, 11) is 0. The Kier molecular flexibility index (Phi) is 6.78. The lowest BCUT2D eigenvalue weighted by atomic mass is 10.2. The summed E-state index contributed by atoms with van der Waals surface area (Å²) < 4.78 is 22.3. The van der Waals surface area contributed by atoms with Crippen LogP contribution < -0.4 is 10.1 Å². The summed E-state index contributed by atoms with van der Waals surface area (Å²) >= 11 is 15.6. The van der Waals surface area contributed by atoms with Crippen LogP contribution in [0.15, 0.2) is 65.4 Å². The minimum atomic E-state index is -0.438. The molecule has 0 bridgehead atoms. The minimum absolute atomic E-state index is 0.0206. The van der Waals surface area contributed by atoms with E-state index in [1.165, 1.54) is 16.8 Å². The molecular formula is C21H15BrCl2FN5O2. The molecule has 0 saturated heterocycles. The van der Waals surface area contributed by atoms with Crippen LogP contribution in [0.4, 0.5) is 10.2 Å². The topological polar surface area (TPSA) is 74.0 Å². The van der Waals surface area contributed by atoms with E-state index < -0.39 is 5.91 Å². The number of aromatic nitrogens is 4. The highest BCUT2D eigenvalue weighted by Gasteiger charge is 2.15. The Balaban J connectivity index is 1.39. The van der Waals surface area contributed by atoms with Crippen LogP contribution in [0, 0.1) is 5.82 Å². The Morgan fingerprint density at radius 1 is 1.06 bits per heavy atom. The summed E-state index contributed by atoms with van der Waals surface area (Å²) in [6.45, 7) is 0.443. The van der Waals surface area contributed by atoms with Crippen LogP contribution in [0.5, 0.6) is 5.75 Å². The maximum absolute atomic E-state index is 13.1. The van der Waals surface area contributed by atoms with Gasteiger partial charge in [0.1, 0.15) is 5.82 Å². The van der Waals surface area contributed by atoms with Gasteiger partial charge in [-0.15, -0.1) is 0 Å². The van der Waals surface area contributed by atoms with Gasteiger partial charge in [0, 0.05) is 12.4 Å². The fourth-order valence-corrected chi connectivity index (χ4v) is 3.74. The quantitative estimate of drug-likeness (QED) is 0.331. The number of nitrogens with one attached hydrogen (secondary N) is 1. The molecule has 11 heteroatoms. The van der Waals surface area contributed by atoms with Gasteiger partial charge in [0.25, 0.3) is 5.91 Å². The van der Waals surface area contributed by atoms with Crippen molar-refractivity contribution in [2.24, 2.45) is 0 Å². The van der Waals surface area contributed by atoms with Gasteiger partial charge >= 0.3 is 0 Å². The molecule has 0 fully saturated rings. The van der Waals surface area contributed by atoms with Gasteiger partial charge in [-0.1, -0.05) is 41.4 Å². The zero-order chi connectivity index (χ0) is 22.7. The predicted octanol–water partition coefficient (Wildman–Crippen LogP) is 5.63. The van der Waals surface area contributed by atoms with E-state index in [4.69, 9.17) is 27.9 Å². The van der Waals surface area contributed by atoms with Gasteiger partial charge < -0.3 is 10.1 Å². The van der Waals surface area contributed by atoms with E-state index in [-0.39, 0.29) is 18.2 Å². The van der Waals surface area contributed by atoms with Gasteiger partial charge in [0.05, 0.1) is 21.1 Å². The molecule has 164 valence electrons. The number of nitrogens with zero attached hydrogens (tertiary/aromatic N) is 4. The molecule has 0 aliphatic heterocycles. The number of para-hydroxylation sites is 1. The van der Waals surface area contributed by atoms with Crippen molar-refractivity contribution in [3.63, 3.8) is 0 Å². The number of anilines is 1. The number of carbonyl (C=O) groups is 1. The Morgan fingerprint density at radius 2 is 1.78 bits per heavy atom. The van der Waals surface area contributed by atoms with E-state index >= 15 is 0 Å². The highest BCUT2D eigenvalue weighted by atomic mass is 79.9. The largest absolute Gasteiger partial charge is 0.468 e. The third kappa shape index (κ3) is 5.29. The van der Waals surface area contributed by atoms with E-state index in [0.29, 0.717) is 32.6 Å². The average molecular weight is 539 g/mol. The number of benzene rings is 2. The van der Waals surface area contributed by atoms with Crippen molar-refractivity contribution in [2.45, 2.75) is 13.3 Å². The monoisotopic (exact) mass is 537 g/mol. The molecule has 4 aromatic rings. The van der Waals surface area contributed by atoms with Crippen LogP contribution in [-0.4, -0.2) is 25.5 Å². The number of ether oxygens (including phenoxy) is 1. The number of carbonyl (C=O) groups excluding carboxylic acids is 1. The fourth-order valence-electron chi connectivity index (χ4n) is 2.82. The first-order valence-corrected chi connectivity index (χ1v) is 10.8. The van der Waals surface area contributed by atoms with Crippen molar-refractivity contribution in [1.82, 2.24) is 19.6 Å². The van der Waals surface area contributed by atoms with E-state index in [1.54, 1.807) is 53.5 Å². The predicted molar refractivity (Wildman–Crippen MR) is 123 cm³/mol. The Bertz CT molecular complexity index is 1240. The maximum atomic E-state index is 13.1. The Morgan fingerprint density at radius 3 is 2.50 bits per heavy atom. The lowest BCUT2D eigenvalue weighted by Crippen LogP contribution is -2.15. The van der Waals surface area contributed by atoms with Crippen LogP contribution in [0.3, 0.4) is 0 Å². The summed E-state index contributed by atoms with van der Waals surface area (Å²) in [5.74, 6) is -0.0610. The summed E-state index contributed by atoms with van der Waals surface area (Å²) in [6, 6.07) is 12.7. The zero-order valence-electron chi connectivity index (χ0n) is 16.3. The molecule has 2 aromatic heterocycles. The first kappa shape index (κ1) is 22.3. The van der Waals surface area contributed by atoms with Gasteiger partial charge in [-0.05, 0) is 51.8 Å². The van der Waals surface area contributed by atoms with Gasteiger partial charge in [0.2, 0.25) is 0 Å². The van der Waals surface area contributed by atoms with Crippen LogP contribution in [-0.2, 0) is 13.3 Å². The molecule has 32 heavy (non-hydrogen) atoms. The fraction of sp³-hybridized carbons (Fsp3) is 0.0952. The molecular weight excluding hydrogens is 524 g/mol. The standard InChI is InChI=1S/C21H15BrCl2FN5O2/c22-15-11-30(10-13-4-6-14(25)7-5-13)28-20(15)26-21(31)18-8-9-29(27-18)12-32-19-16(23)2-1-3-17(19)24/h1-9,11H,10,12H2,(H,26,28,31). The maximum Gasteiger partial charge on any atom is 0.277 e. The van der Waals surface area contributed by atoms with Gasteiger partial charge in [-0.2, -0.15) is 10.2 Å². The second kappa shape index (κ2) is 9.72. The van der Waals surface area contributed by atoms with E-state index in [2.05, 4.69) is 31.4 Å². The lowest BCUT2D eigenvalue weighted by molar-refractivity contribution is 0.101. The number of rotatable bonds is 7. The van der Waals surface area contributed by atoms with E-state index in [9.17, 15) is 9.18 Å². The summed E-state index contributed by atoms with van der Waals surface area (Å²) in [4.78, 5) is 12.6. The van der Waals surface area contributed by atoms with Crippen molar-refractivity contribution < 1.29 is 13.9 Å². The number of hydrogen-bond donors (Lipinski definition) is 1. The SMILES string of the molecule is O=C(Nc1nn(Cc2ccc(F)cc2)cc1Br)c1ccn(COc2c(Cl)cccc2Cl)n1. The molecule has 1 amide bonds. The highest BCUT2D eigenvalue weighted by Crippen LogP contribution is 2.32. The number of hydrogen-bond acceptors (Lipinski definition) is 4. The summed E-state index contributed by atoms with van der Waals surface area (Å²) in [5, 5.41) is 12.0. The molecule has 0 aliphatic rings. The van der Waals surface area contributed by atoms with Crippen LogP contribution in [0.2, 0.25) is 10.0 Å². The molecule has 0 spiro atoms. The van der Waals surface area contributed by atoms with E-state index in [0.717, 1.165) is 5.56 Å². The third-order valence-electron chi connectivity index (χ3n) is 4.34. The molecule has 4 rings (SSSR count). The molecule has 0 unspecified atom stereocenters. The lowest BCUT2D eigenvalue weighted by Gasteiger charge is -2.09. The first-order valence-electron chi connectivity index (χ1n) is 9.28. The Hall–Kier alpha value is -2.88. The van der Waals surface area contributed by atoms with Crippen molar-refractivity contribution in [3.05, 3.63) is 92.5 Å². The first-order chi connectivity index (χ1) is 15.4. The van der Waals surface area contributed by atoms with Crippen LogP contribution in [0.1, 0.15) is 16.1 Å². The summed E-state index contributed by atoms with van der Waals surface area (Å²) in [6.07, 6.45) is 3.32. The van der Waals surface area contributed by atoms with Crippen LogP contribution >= 0.6 is 39.1 Å². The van der Waals surface area contributed by atoms with Crippen molar-refractivity contribution in [1.29, 1.82) is 0 Å². The molecule has 2 aromatic carbocycles. The van der Waals surface area contributed by atoms with E-state index in [1.807, 2.05) is 0 Å².